The molecular weight excluding hydrogens is 392 g/mol. The van der Waals surface area contributed by atoms with Gasteiger partial charge in [0.1, 0.15) is 11.5 Å². The van der Waals surface area contributed by atoms with Gasteiger partial charge in [-0.2, -0.15) is 0 Å². The predicted octanol–water partition coefficient (Wildman–Crippen LogP) is 3.67. The lowest BCUT2D eigenvalue weighted by Gasteiger charge is -2.36. The second-order valence-corrected chi connectivity index (χ2v) is 7.18. The Labute approximate surface area is 176 Å². The Bertz CT molecular complexity index is 879. The number of amides is 1. The molecule has 3 rings (SSSR count). The monoisotopic (exact) mass is 416 g/mol. The zero-order chi connectivity index (χ0) is 20.8. The van der Waals surface area contributed by atoms with Crippen LogP contribution in [0, 0.1) is 0 Å². The van der Waals surface area contributed by atoms with Gasteiger partial charge in [0.25, 0.3) is 5.91 Å². The molecule has 0 radical (unpaired) electrons. The second kappa shape index (κ2) is 9.65. The van der Waals surface area contributed by atoms with Crippen molar-refractivity contribution in [2.75, 3.05) is 44.8 Å². The van der Waals surface area contributed by atoms with E-state index in [-0.39, 0.29) is 18.3 Å². The summed E-state index contributed by atoms with van der Waals surface area (Å²) in [5.41, 5.74) is 1.44. The van der Waals surface area contributed by atoms with Gasteiger partial charge in [0.2, 0.25) is 0 Å². The first-order valence-corrected chi connectivity index (χ1v) is 10.0. The van der Waals surface area contributed by atoms with Crippen LogP contribution in [-0.4, -0.2) is 56.5 Å². The lowest BCUT2D eigenvalue weighted by atomic mass is 10.1. The molecule has 6 nitrogen and oxygen atoms in total. The lowest BCUT2D eigenvalue weighted by Crippen LogP contribution is -2.50. The average Bonchev–Trinajstić information content (AvgIpc) is 2.77. The molecule has 0 saturated carbocycles. The predicted molar refractivity (Wildman–Crippen MR) is 113 cm³/mol. The van der Waals surface area contributed by atoms with Crippen LogP contribution in [0.5, 0.6) is 11.5 Å². The van der Waals surface area contributed by atoms with Gasteiger partial charge in [0.15, 0.2) is 12.4 Å². The minimum atomic E-state index is -0.111. The van der Waals surface area contributed by atoms with E-state index in [1.807, 2.05) is 24.3 Å². The van der Waals surface area contributed by atoms with Crippen LogP contribution in [0.2, 0.25) is 5.02 Å². The average molecular weight is 417 g/mol. The van der Waals surface area contributed by atoms with Gasteiger partial charge < -0.3 is 19.3 Å². The van der Waals surface area contributed by atoms with Crippen molar-refractivity contribution in [3.8, 4) is 11.5 Å². The van der Waals surface area contributed by atoms with Gasteiger partial charge in [0, 0.05) is 37.6 Å². The highest BCUT2D eigenvalue weighted by atomic mass is 35.5. The third-order valence-electron chi connectivity index (χ3n) is 4.97. The summed E-state index contributed by atoms with van der Waals surface area (Å²) in [5, 5.41) is 0.466. The number of rotatable bonds is 7. The first-order chi connectivity index (χ1) is 14.0. The molecule has 2 aromatic carbocycles. The molecule has 0 aliphatic carbocycles. The maximum absolute atomic E-state index is 12.6. The SMILES string of the molecule is CCC(=O)c1cc(Cl)ccc1OCC(=O)N1CCN(c2ccccc2OC)CC1. The van der Waals surface area contributed by atoms with Gasteiger partial charge >= 0.3 is 0 Å². The van der Waals surface area contributed by atoms with E-state index < -0.39 is 0 Å². The first-order valence-electron chi connectivity index (χ1n) is 9.64. The summed E-state index contributed by atoms with van der Waals surface area (Å²) in [4.78, 5) is 28.7. The van der Waals surface area contributed by atoms with E-state index in [1.165, 1.54) is 0 Å². The van der Waals surface area contributed by atoms with E-state index in [4.69, 9.17) is 21.1 Å². The minimum Gasteiger partial charge on any atom is -0.495 e. The summed E-state index contributed by atoms with van der Waals surface area (Å²) in [6, 6.07) is 12.7. The summed E-state index contributed by atoms with van der Waals surface area (Å²) in [6.45, 7) is 4.29. The summed E-state index contributed by atoms with van der Waals surface area (Å²) in [7, 11) is 1.66. The molecule has 1 aliphatic rings. The number of ether oxygens (including phenoxy) is 2. The lowest BCUT2D eigenvalue weighted by molar-refractivity contribution is -0.133. The Hall–Kier alpha value is -2.73. The Kier molecular flexibility index (Phi) is 6.99. The number of nitrogens with zero attached hydrogens (tertiary/aromatic N) is 2. The molecule has 0 bridgehead atoms. The highest BCUT2D eigenvalue weighted by Gasteiger charge is 2.23. The van der Waals surface area contributed by atoms with Crippen molar-refractivity contribution in [2.45, 2.75) is 13.3 Å². The molecule has 0 N–H and O–H groups in total. The summed E-state index contributed by atoms with van der Waals surface area (Å²) < 4.78 is 11.1. The Morgan fingerprint density at radius 3 is 2.45 bits per heavy atom. The Morgan fingerprint density at radius 2 is 1.76 bits per heavy atom. The van der Waals surface area contributed by atoms with Crippen LogP contribution < -0.4 is 14.4 Å². The van der Waals surface area contributed by atoms with E-state index in [0.717, 1.165) is 11.4 Å². The summed E-state index contributed by atoms with van der Waals surface area (Å²) >= 11 is 5.99. The van der Waals surface area contributed by atoms with E-state index in [0.29, 0.717) is 48.9 Å². The van der Waals surface area contributed by atoms with E-state index >= 15 is 0 Å². The number of ketones is 1. The smallest absolute Gasteiger partial charge is 0.260 e. The zero-order valence-electron chi connectivity index (χ0n) is 16.7. The number of benzene rings is 2. The Balaban J connectivity index is 1.58. The number of piperazine rings is 1. The number of methoxy groups -OCH3 is 1. The van der Waals surface area contributed by atoms with Crippen molar-refractivity contribution in [3.05, 3.63) is 53.1 Å². The van der Waals surface area contributed by atoms with Crippen molar-refractivity contribution in [1.29, 1.82) is 0 Å². The molecular formula is C22H25ClN2O4. The molecule has 0 aromatic heterocycles. The van der Waals surface area contributed by atoms with Crippen molar-refractivity contribution in [2.24, 2.45) is 0 Å². The molecule has 1 amide bonds. The number of halogens is 1. The molecule has 154 valence electrons. The van der Waals surface area contributed by atoms with Crippen LogP contribution in [0.15, 0.2) is 42.5 Å². The Morgan fingerprint density at radius 1 is 1.03 bits per heavy atom. The van der Waals surface area contributed by atoms with Crippen LogP contribution in [0.25, 0.3) is 0 Å². The molecule has 0 spiro atoms. The molecule has 1 saturated heterocycles. The molecule has 0 atom stereocenters. The molecule has 1 aliphatic heterocycles. The molecule has 7 heteroatoms. The third-order valence-corrected chi connectivity index (χ3v) is 5.21. The van der Waals surface area contributed by atoms with Crippen molar-refractivity contribution >= 4 is 29.0 Å². The number of carbonyl (C=O) groups excluding carboxylic acids is 2. The largest absolute Gasteiger partial charge is 0.495 e. The summed E-state index contributed by atoms with van der Waals surface area (Å²) in [5.74, 6) is 1.05. The molecule has 1 fully saturated rings. The minimum absolute atomic E-state index is 0.0691. The van der Waals surface area contributed by atoms with Gasteiger partial charge in [0.05, 0.1) is 18.4 Å². The van der Waals surface area contributed by atoms with Gasteiger partial charge in [-0.15, -0.1) is 0 Å². The van der Waals surface area contributed by atoms with Gasteiger partial charge in [-0.3, -0.25) is 9.59 Å². The van der Waals surface area contributed by atoms with Crippen LogP contribution >= 0.6 is 11.6 Å². The number of carbonyl (C=O) groups is 2. The quantitative estimate of drug-likeness (QED) is 0.644. The number of anilines is 1. The van der Waals surface area contributed by atoms with E-state index in [2.05, 4.69) is 4.90 Å². The fourth-order valence-corrected chi connectivity index (χ4v) is 3.53. The fourth-order valence-electron chi connectivity index (χ4n) is 3.35. The maximum Gasteiger partial charge on any atom is 0.260 e. The highest BCUT2D eigenvalue weighted by molar-refractivity contribution is 6.31. The maximum atomic E-state index is 12.6. The van der Waals surface area contributed by atoms with Crippen molar-refractivity contribution < 1.29 is 19.1 Å². The molecule has 0 unspecified atom stereocenters. The van der Waals surface area contributed by atoms with Crippen LogP contribution in [-0.2, 0) is 4.79 Å². The van der Waals surface area contributed by atoms with Crippen LogP contribution in [0.4, 0.5) is 5.69 Å². The highest BCUT2D eigenvalue weighted by Crippen LogP contribution is 2.28. The van der Waals surface area contributed by atoms with Gasteiger partial charge in [-0.25, -0.2) is 0 Å². The number of hydrogen-bond acceptors (Lipinski definition) is 5. The van der Waals surface area contributed by atoms with Gasteiger partial charge in [-0.05, 0) is 30.3 Å². The fraction of sp³-hybridized carbons (Fsp3) is 0.364. The van der Waals surface area contributed by atoms with E-state index in [9.17, 15) is 9.59 Å². The van der Waals surface area contributed by atoms with Crippen molar-refractivity contribution in [3.63, 3.8) is 0 Å². The number of hydrogen-bond donors (Lipinski definition) is 0. The van der Waals surface area contributed by atoms with Gasteiger partial charge in [-0.1, -0.05) is 30.7 Å². The molecule has 29 heavy (non-hydrogen) atoms. The second-order valence-electron chi connectivity index (χ2n) is 6.75. The van der Waals surface area contributed by atoms with Crippen LogP contribution in [0.1, 0.15) is 23.7 Å². The first kappa shape index (κ1) is 21.0. The van der Waals surface area contributed by atoms with Crippen LogP contribution in [0.3, 0.4) is 0 Å². The standard InChI is InChI=1S/C22H25ClN2O4/c1-3-19(26)17-14-16(23)8-9-20(17)29-15-22(27)25-12-10-24(11-13-25)18-6-4-5-7-21(18)28-2/h4-9,14H,3,10-13,15H2,1-2H3. The topological polar surface area (TPSA) is 59.1 Å². The molecule has 1 heterocycles. The zero-order valence-corrected chi connectivity index (χ0v) is 17.4. The van der Waals surface area contributed by atoms with E-state index in [1.54, 1.807) is 37.1 Å². The normalized spacial score (nSPS) is 13.9. The molecule has 2 aromatic rings. The number of para-hydroxylation sites is 2. The number of Topliss-reactive ketones (excluding diaryl/α,β-unsaturated/α-hetero) is 1. The third kappa shape index (κ3) is 5.01. The van der Waals surface area contributed by atoms with Crippen molar-refractivity contribution in [1.82, 2.24) is 4.90 Å². The summed E-state index contributed by atoms with van der Waals surface area (Å²) in [6.07, 6.45) is 0.343.